The lowest BCUT2D eigenvalue weighted by Gasteiger charge is -2.04. The standard InChI is InChI=1S/C8H15NS/c1-5-9-8(7(3)4)10-6-2/h6-7H,2,5H2,1,3-4H3. The van der Waals surface area contributed by atoms with Crippen LogP contribution in [0.15, 0.2) is 17.0 Å². The fourth-order valence-electron chi connectivity index (χ4n) is 0.597. The second kappa shape index (κ2) is 5.54. The molecule has 0 saturated heterocycles. The number of rotatable bonds is 3. The maximum atomic E-state index is 4.32. The summed E-state index contributed by atoms with van der Waals surface area (Å²) in [6, 6.07) is 0. The summed E-state index contributed by atoms with van der Waals surface area (Å²) in [5.74, 6) is 0.531. The lowest BCUT2D eigenvalue weighted by Crippen LogP contribution is -2.01. The molecule has 0 heterocycles. The Morgan fingerprint density at radius 1 is 1.70 bits per heavy atom. The van der Waals surface area contributed by atoms with E-state index in [-0.39, 0.29) is 0 Å². The van der Waals surface area contributed by atoms with Crippen molar-refractivity contribution in [1.29, 1.82) is 0 Å². The Bertz CT molecular complexity index is 127. The summed E-state index contributed by atoms with van der Waals surface area (Å²) < 4.78 is 0. The minimum absolute atomic E-state index is 0.531. The van der Waals surface area contributed by atoms with Crippen LogP contribution in [-0.4, -0.2) is 11.6 Å². The Balaban J connectivity index is 3.96. The van der Waals surface area contributed by atoms with Crippen molar-refractivity contribution in [2.75, 3.05) is 6.54 Å². The Kier molecular flexibility index (Phi) is 5.40. The van der Waals surface area contributed by atoms with Crippen LogP contribution < -0.4 is 0 Å². The minimum atomic E-state index is 0.531. The molecular weight excluding hydrogens is 142 g/mol. The summed E-state index contributed by atoms with van der Waals surface area (Å²) in [4.78, 5) is 4.32. The molecule has 0 aliphatic rings. The number of thioether (sulfide) groups is 1. The molecule has 0 fully saturated rings. The molecular formula is C8H15NS. The normalized spacial score (nSPS) is 12.2. The van der Waals surface area contributed by atoms with E-state index in [2.05, 4.69) is 25.4 Å². The second-order valence-corrected chi connectivity index (χ2v) is 3.24. The van der Waals surface area contributed by atoms with Crippen LogP contribution in [0.25, 0.3) is 0 Å². The van der Waals surface area contributed by atoms with E-state index in [1.807, 2.05) is 12.3 Å². The second-order valence-electron chi connectivity index (χ2n) is 2.25. The number of hydrogen-bond acceptors (Lipinski definition) is 2. The molecule has 0 N–H and O–H groups in total. The Morgan fingerprint density at radius 2 is 2.30 bits per heavy atom. The van der Waals surface area contributed by atoms with Crippen LogP contribution in [0.2, 0.25) is 0 Å². The Hall–Kier alpha value is -0.240. The van der Waals surface area contributed by atoms with Crippen LogP contribution in [0.3, 0.4) is 0 Å². The monoisotopic (exact) mass is 157 g/mol. The zero-order valence-electron chi connectivity index (χ0n) is 6.92. The lowest BCUT2D eigenvalue weighted by atomic mass is 10.2. The van der Waals surface area contributed by atoms with Crippen LogP contribution in [-0.2, 0) is 0 Å². The molecule has 2 heteroatoms. The molecule has 0 amide bonds. The summed E-state index contributed by atoms with van der Waals surface area (Å²) in [6.07, 6.45) is 0. The highest BCUT2D eigenvalue weighted by Gasteiger charge is 2.01. The van der Waals surface area contributed by atoms with E-state index >= 15 is 0 Å². The van der Waals surface area contributed by atoms with Crippen LogP contribution in [0.5, 0.6) is 0 Å². The largest absolute Gasteiger partial charge is 0.283 e. The van der Waals surface area contributed by atoms with Gasteiger partial charge in [-0.1, -0.05) is 32.2 Å². The zero-order chi connectivity index (χ0) is 7.98. The van der Waals surface area contributed by atoms with Gasteiger partial charge in [-0.15, -0.1) is 0 Å². The SMILES string of the molecule is C=CSC(=NCC)C(C)C. The van der Waals surface area contributed by atoms with Crippen LogP contribution >= 0.6 is 11.8 Å². The van der Waals surface area contributed by atoms with E-state index in [0.717, 1.165) is 6.54 Å². The maximum absolute atomic E-state index is 4.32. The fourth-order valence-corrected chi connectivity index (χ4v) is 1.24. The molecule has 0 bridgehead atoms. The minimum Gasteiger partial charge on any atom is -0.283 e. The third kappa shape index (κ3) is 3.72. The Labute approximate surface area is 67.6 Å². The lowest BCUT2D eigenvalue weighted by molar-refractivity contribution is 0.890. The molecule has 0 aliphatic carbocycles. The van der Waals surface area contributed by atoms with E-state index in [0.29, 0.717) is 5.92 Å². The van der Waals surface area contributed by atoms with Crippen molar-refractivity contribution >= 4 is 16.8 Å². The van der Waals surface area contributed by atoms with Crippen molar-refractivity contribution in [2.24, 2.45) is 10.9 Å². The van der Waals surface area contributed by atoms with E-state index in [1.165, 1.54) is 5.04 Å². The highest BCUT2D eigenvalue weighted by Crippen LogP contribution is 2.12. The molecule has 0 aliphatic heterocycles. The molecule has 1 nitrogen and oxygen atoms in total. The molecule has 0 aromatic rings. The van der Waals surface area contributed by atoms with Gasteiger partial charge in [-0.25, -0.2) is 0 Å². The average molecular weight is 157 g/mol. The number of hydrogen-bond donors (Lipinski definition) is 0. The molecule has 10 heavy (non-hydrogen) atoms. The first-order valence-electron chi connectivity index (χ1n) is 3.54. The third-order valence-electron chi connectivity index (χ3n) is 1.01. The summed E-state index contributed by atoms with van der Waals surface area (Å²) in [5.41, 5.74) is 0. The van der Waals surface area contributed by atoms with Gasteiger partial charge in [0.1, 0.15) is 0 Å². The van der Waals surface area contributed by atoms with Crippen molar-refractivity contribution in [3.05, 3.63) is 12.0 Å². The maximum Gasteiger partial charge on any atom is 0.0742 e. The smallest absolute Gasteiger partial charge is 0.0742 e. The zero-order valence-corrected chi connectivity index (χ0v) is 7.74. The molecule has 0 aromatic heterocycles. The van der Waals surface area contributed by atoms with E-state index in [4.69, 9.17) is 0 Å². The van der Waals surface area contributed by atoms with Gasteiger partial charge in [0.2, 0.25) is 0 Å². The van der Waals surface area contributed by atoms with E-state index in [1.54, 1.807) is 11.8 Å². The summed E-state index contributed by atoms with van der Waals surface area (Å²) >= 11 is 1.62. The first-order chi connectivity index (χ1) is 4.72. The van der Waals surface area contributed by atoms with Gasteiger partial charge >= 0.3 is 0 Å². The quantitative estimate of drug-likeness (QED) is 0.453. The molecule has 0 aromatic carbocycles. The third-order valence-corrected chi connectivity index (χ3v) is 2.02. The van der Waals surface area contributed by atoms with Gasteiger partial charge in [0.15, 0.2) is 0 Å². The first kappa shape index (κ1) is 9.76. The average Bonchev–Trinajstić information content (AvgIpc) is 1.87. The van der Waals surface area contributed by atoms with Crippen molar-refractivity contribution in [3.63, 3.8) is 0 Å². The molecule has 0 radical (unpaired) electrons. The predicted octanol–water partition coefficient (Wildman–Crippen LogP) is 2.94. The van der Waals surface area contributed by atoms with Crippen LogP contribution in [0, 0.1) is 5.92 Å². The van der Waals surface area contributed by atoms with Crippen LogP contribution in [0.4, 0.5) is 0 Å². The molecule has 0 saturated carbocycles. The van der Waals surface area contributed by atoms with E-state index in [9.17, 15) is 0 Å². The van der Waals surface area contributed by atoms with Crippen molar-refractivity contribution in [1.82, 2.24) is 0 Å². The Morgan fingerprint density at radius 3 is 2.60 bits per heavy atom. The van der Waals surface area contributed by atoms with Gasteiger partial charge in [-0.05, 0) is 12.3 Å². The summed E-state index contributed by atoms with van der Waals surface area (Å²) in [5, 5.41) is 3.01. The molecule has 0 atom stereocenters. The molecule has 0 spiro atoms. The number of aliphatic imine (C=N–C) groups is 1. The highest BCUT2D eigenvalue weighted by molar-refractivity contribution is 8.16. The van der Waals surface area contributed by atoms with E-state index < -0.39 is 0 Å². The fraction of sp³-hybridized carbons (Fsp3) is 0.625. The van der Waals surface area contributed by atoms with Crippen LogP contribution in [0.1, 0.15) is 20.8 Å². The predicted molar refractivity (Wildman–Crippen MR) is 50.6 cm³/mol. The van der Waals surface area contributed by atoms with Gasteiger partial charge in [-0.3, -0.25) is 4.99 Å². The van der Waals surface area contributed by atoms with Gasteiger partial charge in [0.25, 0.3) is 0 Å². The molecule has 58 valence electrons. The summed E-state index contributed by atoms with van der Waals surface area (Å²) in [7, 11) is 0. The van der Waals surface area contributed by atoms with Crippen molar-refractivity contribution in [2.45, 2.75) is 20.8 Å². The van der Waals surface area contributed by atoms with Gasteiger partial charge in [0.05, 0.1) is 5.04 Å². The van der Waals surface area contributed by atoms with Crippen molar-refractivity contribution in [3.8, 4) is 0 Å². The summed E-state index contributed by atoms with van der Waals surface area (Å²) in [6.45, 7) is 10.9. The molecule has 0 rings (SSSR count). The first-order valence-corrected chi connectivity index (χ1v) is 4.42. The van der Waals surface area contributed by atoms with Gasteiger partial charge in [-0.2, -0.15) is 0 Å². The van der Waals surface area contributed by atoms with Gasteiger partial charge in [0, 0.05) is 12.5 Å². The topological polar surface area (TPSA) is 12.4 Å². The molecule has 0 unspecified atom stereocenters. The number of nitrogens with zero attached hydrogens (tertiary/aromatic N) is 1. The van der Waals surface area contributed by atoms with Crippen molar-refractivity contribution < 1.29 is 0 Å². The highest BCUT2D eigenvalue weighted by atomic mass is 32.2. The van der Waals surface area contributed by atoms with Gasteiger partial charge < -0.3 is 0 Å².